The van der Waals surface area contributed by atoms with Gasteiger partial charge in [-0.05, 0) is 49.8 Å². The summed E-state index contributed by atoms with van der Waals surface area (Å²) in [6.07, 6.45) is 1.16. The fourth-order valence-corrected chi connectivity index (χ4v) is 2.48. The lowest BCUT2D eigenvalue weighted by molar-refractivity contribution is -0.139. The maximum Gasteiger partial charge on any atom is 0.315 e. The quantitative estimate of drug-likeness (QED) is 0.438. The van der Waals surface area contributed by atoms with Crippen molar-refractivity contribution in [2.75, 3.05) is 29.2 Å². The Morgan fingerprint density at radius 3 is 2.81 bits per heavy atom. The van der Waals surface area contributed by atoms with E-state index in [0.29, 0.717) is 24.5 Å². The van der Waals surface area contributed by atoms with Crippen LogP contribution in [0.3, 0.4) is 0 Å². The second kappa shape index (κ2) is 9.28. The van der Waals surface area contributed by atoms with Crippen molar-refractivity contribution >= 4 is 35.0 Å². The van der Waals surface area contributed by atoms with Crippen LogP contribution >= 0.6 is 11.8 Å². The fourth-order valence-electron chi connectivity index (χ4n) is 1.73. The highest BCUT2D eigenvalue weighted by Crippen LogP contribution is 2.18. The van der Waals surface area contributed by atoms with Gasteiger partial charge in [0.15, 0.2) is 0 Å². The zero-order valence-corrected chi connectivity index (χ0v) is 13.3. The Balaban J connectivity index is 2.21. The van der Waals surface area contributed by atoms with Crippen LogP contribution in [0, 0.1) is 6.92 Å². The largest absolute Gasteiger partial charge is 0.465 e. The minimum Gasteiger partial charge on any atom is -0.465 e. The number of ether oxygens (including phenoxy) is 1. The lowest BCUT2D eigenvalue weighted by Gasteiger charge is -2.09. The number of rotatable bonds is 8. The summed E-state index contributed by atoms with van der Waals surface area (Å²) in [7, 11) is 0. The van der Waals surface area contributed by atoms with Gasteiger partial charge >= 0.3 is 5.97 Å². The summed E-state index contributed by atoms with van der Waals surface area (Å²) >= 11 is 1.48. The van der Waals surface area contributed by atoms with Gasteiger partial charge in [-0.2, -0.15) is 11.8 Å². The van der Waals surface area contributed by atoms with Crippen molar-refractivity contribution < 1.29 is 14.3 Å². The number of esters is 1. The number of nitrogens with one attached hydrogen (secondary N) is 1. The van der Waals surface area contributed by atoms with Crippen molar-refractivity contribution in [1.82, 2.24) is 0 Å². The molecule has 1 rings (SSSR count). The highest BCUT2D eigenvalue weighted by atomic mass is 32.2. The first kappa shape index (κ1) is 17.4. The molecule has 0 bridgehead atoms. The highest BCUT2D eigenvalue weighted by Gasteiger charge is 2.06. The summed E-state index contributed by atoms with van der Waals surface area (Å²) in [5, 5.41) is 2.86. The van der Waals surface area contributed by atoms with Gasteiger partial charge in [-0.15, -0.1) is 0 Å². The Kier molecular flexibility index (Phi) is 7.68. The molecule has 0 aromatic heterocycles. The van der Waals surface area contributed by atoms with Crippen LogP contribution in [0.2, 0.25) is 0 Å². The van der Waals surface area contributed by atoms with Crippen molar-refractivity contribution in [1.29, 1.82) is 0 Å². The molecule has 0 saturated carbocycles. The molecule has 0 aliphatic carbocycles. The third-order valence-corrected chi connectivity index (χ3v) is 3.76. The average Bonchev–Trinajstić information content (AvgIpc) is 2.42. The summed E-state index contributed by atoms with van der Waals surface area (Å²) in [5.74, 6) is 0.864. The average molecular weight is 310 g/mol. The standard InChI is InChI=1S/C15H22N2O3S/c1-3-20-15(19)10-21-8-4-5-14(18)17-13-7-6-12(16)9-11(13)2/h6-7,9H,3-5,8,10,16H2,1-2H3,(H,17,18). The number of nitrogen functional groups attached to an aromatic ring is 1. The zero-order valence-electron chi connectivity index (χ0n) is 12.5. The van der Waals surface area contributed by atoms with E-state index in [1.165, 1.54) is 11.8 Å². The number of hydrogen-bond acceptors (Lipinski definition) is 5. The molecule has 1 amide bonds. The number of thioether (sulfide) groups is 1. The van der Waals surface area contributed by atoms with E-state index in [2.05, 4.69) is 5.32 Å². The first-order valence-electron chi connectivity index (χ1n) is 6.92. The summed E-state index contributed by atoms with van der Waals surface area (Å²) in [6, 6.07) is 5.39. The third-order valence-electron chi connectivity index (χ3n) is 2.74. The number of nitrogens with two attached hydrogens (primary N) is 1. The Morgan fingerprint density at radius 2 is 2.14 bits per heavy atom. The molecule has 0 heterocycles. The summed E-state index contributed by atoms with van der Waals surface area (Å²) < 4.78 is 4.82. The topological polar surface area (TPSA) is 81.4 Å². The molecule has 5 nitrogen and oxygen atoms in total. The second-order valence-corrected chi connectivity index (χ2v) is 5.69. The Morgan fingerprint density at radius 1 is 1.38 bits per heavy atom. The summed E-state index contributed by atoms with van der Waals surface area (Å²) in [6.45, 7) is 4.09. The molecule has 0 aliphatic heterocycles. The molecule has 1 aromatic rings. The van der Waals surface area contributed by atoms with E-state index in [-0.39, 0.29) is 11.9 Å². The van der Waals surface area contributed by atoms with Crippen LogP contribution in [-0.2, 0) is 14.3 Å². The van der Waals surface area contributed by atoms with E-state index >= 15 is 0 Å². The smallest absolute Gasteiger partial charge is 0.315 e. The van der Waals surface area contributed by atoms with Crippen molar-refractivity contribution in [3.05, 3.63) is 23.8 Å². The molecular formula is C15H22N2O3S. The number of aryl methyl sites for hydroxylation is 1. The van der Waals surface area contributed by atoms with Gasteiger partial charge in [0.2, 0.25) is 5.91 Å². The number of amides is 1. The normalized spacial score (nSPS) is 10.2. The zero-order chi connectivity index (χ0) is 15.7. The molecule has 0 unspecified atom stereocenters. The molecule has 0 radical (unpaired) electrons. The number of carbonyl (C=O) groups excluding carboxylic acids is 2. The summed E-state index contributed by atoms with van der Waals surface area (Å²) in [5.41, 5.74) is 8.08. The molecule has 6 heteroatoms. The Bertz CT molecular complexity index is 492. The maximum absolute atomic E-state index is 11.8. The van der Waals surface area contributed by atoms with Gasteiger partial charge in [0.05, 0.1) is 12.4 Å². The molecule has 3 N–H and O–H groups in total. The molecule has 0 spiro atoms. The van der Waals surface area contributed by atoms with Crippen molar-refractivity contribution in [3.8, 4) is 0 Å². The molecule has 0 atom stereocenters. The second-order valence-electron chi connectivity index (χ2n) is 4.58. The third kappa shape index (κ3) is 7.04. The number of carbonyl (C=O) groups is 2. The minimum atomic E-state index is -0.204. The molecular weight excluding hydrogens is 288 g/mol. The lowest BCUT2D eigenvalue weighted by atomic mass is 10.1. The summed E-state index contributed by atoms with van der Waals surface area (Å²) in [4.78, 5) is 22.9. The minimum absolute atomic E-state index is 0.0281. The Labute approximate surface area is 129 Å². The predicted molar refractivity (Wildman–Crippen MR) is 87.4 cm³/mol. The van der Waals surface area contributed by atoms with Crippen LogP contribution in [0.1, 0.15) is 25.3 Å². The lowest BCUT2D eigenvalue weighted by Crippen LogP contribution is -2.13. The van der Waals surface area contributed by atoms with Gasteiger partial charge in [0.25, 0.3) is 0 Å². The van der Waals surface area contributed by atoms with E-state index in [1.54, 1.807) is 19.1 Å². The molecule has 1 aromatic carbocycles. The molecule has 0 fully saturated rings. The predicted octanol–water partition coefficient (Wildman–Crippen LogP) is 2.59. The van der Waals surface area contributed by atoms with Gasteiger partial charge < -0.3 is 15.8 Å². The van der Waals surface area contributed by atoms with E-state index in [4.69, 9.17) is 10.5 Å². The molecule has 0 saturated heterocycles. The monoisotopic (exact) mass is 310 g/mol. The van der Waals surface area contributed by atoms with E-state index in [9.17, 15) is 9.59 Å². The van der Waals surface area contributed by atoms with E-state index < -0.39 is 0 Å². The van der Waals surface area contributed by atoms with Gasteiger partial charge in [0, 0.05) is 17.8 Å². The van der Waals surface area contributed by atoms with Gasteiger partial charge in [0.1, 0.15) is 0 Å². The molecule has 116 valence electrons. The number of benzene rings is 1. The van der Waals surface area contributed by atoms with Crippen LogP contribution in [0.4, 0.5) is 11.4 Å². The number of anilines is 2. The molecule has 21 heavy (non-hydrogen) atoms. The van der Waals surface area contributed by atoms with E-state index in [0.717, 1.165) is 23.4 Å². The van der Waals surface area contributed by atoms with Crippen LogP contribution in [0.15, 0.2) is 18.2 Å². The van der Waals surface area contributed by atoms with E-state index in [1.807, 2.05) is 13.0 Å². The first-order chi connectivity index (χ1) is 10.0. The highest BCUT2D eigenvalue weighted by molar-refractivity contribution is 7.99. The first-order valence-corrected chi connectivity index (χ1v) is 8.07. The van der Waals surface area contributed by atoms with Crippen molar-refractivity contribution in [3.63, 3.8) is 0 Å². The van der Waals surface area contributed by atoms with Gasteiger partial charge in [-0.25, -0.2) is 0 Å². The SMILES string of the molecule is CCOC(=O)CSCCCC(=O)Nc1ccc(N)cc1C. The van der Waals surface area contributed by atoms with Crippen molar-refractivity contribution in [2.24, 2.45) is 0 Å². The van der Waals surface area contributed by atoms with Crippen LogP contribution < -0.4 is 11.1 Å². The maximum atomic E-state index is 11.8. The Hall–Kier alpha value is -1.69. The van der Waals surface area contributed by atoms with Crippen LogP contribution in [0.25, 0.3) is 0 Å². The van der Waals surface area contributed by atoms with Crippen LogP contribution in [0.5, 0.6) is 0 Å². The van der Waals surface area contributed by atoms with Gasteiger partial charge in [-0.1, -0.05) is 0 Å². The van der Waals surface area contributed by atoms with Gasteiger partial charge in [-0.3, -0.25) is 9.59 Å². The fraction of sp³-hybridized carbons (Fsp3) is 0.467. The van der Waals surface area contributed by atoms with Crippen LogP contribution in [-0.4, -0.2) is 30.0 Å². The number of hydrogen-bond donors (Lipinski definition) is 2. The van der Waals surface area contributed by atoms with Crippen molar-refractivity contribution in [2.45, 2.75) is 26.7 Å². The molecule has 0 aliphatic rings.